The molecule has 7 heteroatoms. The van der Waals surface area contributed by atoms with Crippen molar-refractivity contribution in [1.29, 1.82) is 0 Å². The van der Waals surface area contributed by atoms with Gasteiger partial charge in [-0.1, -0.05) is 0 Å². The number of pyridine rings is 1. The lowest BCUT2D eigenvalue weighted by molar-refractivity contribution is -0.140. The Bertz CT molecular complexity index is 717. The molecule has 24 heavy (non-hydrogen) atoms. The molecule has 4 rings (SSSR count). The minimum Gasteiger partial charge on any atom is -0.475 e. The largest absolute Gasteiger partial charge is 0.475 e. The van der Waals surface area contributed by atoms with E-state index in [4.69, 9.17) is 9.47 Å². The topological polar surface area (TPSA) is 47.5 Å². The molecule has 2 aliphatic heterocycles. The minimum absolute atomic E-state index is 0.0778. The first kappa shape index (κ1) is 15.9. The average molecular weight is 349 g/mol. The van der Waals surface area contributed by atoms with Gasteiger partial charge in [0.05, 0.1) is 18.8 Å². The quantitative estimate of drug-likeness (QED) is 0.830. The zero-order valence-electron chi connectivity index (χ0n) is 13.6. The first-order valence-electron chi connectivity index (χ1n) is 8.15. The summed E-state index contributed by atoms with van der Waals surface area (Å²) in [5.41, 5.74) is 0.920. The summed E-state index contributed by atoms with van der Waals surface area (Å²) < 4.78 is 25.3. The van der Waals surface area contributed by atoms with Gasteiger partial charge in [-0.05, 0) is 25.5 Å². The monoisotopic (exact) mass is 349 g/mol. The number of halogens is 1. The average Bonchev–Trinajstić information content (AvgIpc) is 3.13. The maximum Gasteiger partial charge on any atom is 0.250 e. The Balaban J connectivity index is 1.33. The van der Waals surface area contributed by atoms with Crippen LogP contribution < -0.4 is 4.74 Å². The third kappa shape index (κ3) is 3.03. The normalized spacial score (nSPS) is 22.7. The van der Waals surface area contributed by atoms with E-state index in [2.05, 4.69) is 20.2 Å². The highest BCUT2D eigenvalue weighted by Gasteiger charge is 2.53. The van der Waals surface area contributed by atoms with Crippen LogP contribution in [-0.4, -0.2) is 46.8 Å². The molecule has 0 bridgehead atoms. The third-order valence-electron chi connectivity index (χ3n) is 4.75. The van der Waals surface area contributed by atoms with Gasteiger partial charge in [0.2, 0.25) is 5.88 Å². The lowest BCUT2D eigenvalue weighted by Gasteiger charge is -2.49. The van der Waals surface area contributed by atoms with Gasteiger partial charge in [-0.15, -0.1) is 11.3 Å². The second kappa shape index (κ2) is 6.38. The fraction of sp³-hybridized carbons (Fsp3) is 0.529. The van der Waals surface area contributed by atoms with Crippen molar-refractivity contribution in [2.45, 2.75) is 25.5 Å². The van der Waals surface area contributed by atoms with E-state index < -0.39 is 5.82 Å². The Labute approximate surface area is 144 Å². The fourth-order valence-corrected chi connectivity index (χ4v) is 4.33. The predicted octanol–water partition coefficient (Wildman–Crippen LogP) is 2.66. The Morgan fingerprint density at radius 3 is 3.12 bits per heavy atom. The maximum atomic E-state index is 13.6. The number of hydrogen-bond donors (Lipinski definition) is 0. The van der Waals surface area contributed by atoms with Crippen molar-refractivity contribution in [3.8, 4) is 5.88 Å². The molecule has 0 N–H and O–H groups in total. The predicted molar refractivity (Wildman–Crippen MR) is 88.6 cm³/mol. The van der Waals surface area contributed by atoms with E-state index in [9.17, 15) is 4.39 Å². The van der Waals surface area contributed by atoms with Gasteiger partial charge in [-0.25, -0.2) is 14.4 Å². The maximum absolute atomic E-state index is 13.6. The third-order valence-corrected chi connectivity index (χ3v) is 5.71. The fourth-order valence-electron chi connectivity index (χ4n) is 3.52. The molecule has 1 unspecified atom stereocenters. The summed E-state index contributed by atoms with van der Waals surface area (Å²) in [6.45, 7) is 5.82. The van der Waals surface area contributed by atoms with E-state index in [0.29, 0.717) is 6.61 Å². The number of aryl methyl sites for hydroxylation is 1. The van der Waals surface area contributed by atoms with E-state index in [-0.39, 0.29) is 17.4 Å². The van der Waals surface area contributed by atoms with Crippen LogP contribution in [-0.2, 0) is 11.3 Å². The Hall–Kier alpha value is -1.57. The van der Waals surface area contributed by atoms with Crippen molar-refractivity contribution in [2.75, 3.05) is 26.3 Å². The highest BCUT2D eigenvalue weighted by molar-refractivity contribution is 7.09. The Morgan fingerprint density at radius 2 is 2.38 bits per heavy atom. The van der Waals surface area contributed by atoms with Crippen LogP contribution in [0.4, 0.5) is 4.39 Å². The van der Waals surface area contributed by atoms with Crippen LogP contribution in [0.3, 0.4) is 0 Å². The van der Waals surface area contributed by atoms with Crippen molar-refractivity contribution < 1.29 is 13.9 Å². The standard InChI is InChI=1S/C17H20FN3O2S/c1-12-9-24-15(20-12)7-21-10-17(11-21)13(4-6-23-17)8-22-16-14(18)3-2-5-19-16/h2-3,5,9,13H,4,6-8,10-11H2,1H3. The van der Waals surface area contributed by atoms with E-state index in [0.717, 1.165) is 43.4 Å². The number of thiazole rings is 1. The molecule has 4 heterocycles. The zero-order valence-corrected chi connectivity index (χ0v) is 14.4. The molecule has 2 saturated heterocycles. The summed E-state index contributed by atoms with van der Waals surface area (Å²) >= 11 is 1.70. The van der Waals surface area contributed by atoms with Crippen molar-refractivity contribution in [3.63, 3.8) is 0 Å². The number of rotatable bonds is 5. The second-order valence-electron chi connectivity index (χ2n) is 6.53. The number of nitrogens with zero attached hydrogens (tertiary/aromatic N) is 3. The number of likely N-dealkylation sites (tertiary alicyclic amines) is 1. The van der Waals surface area contributed by atoms with Gasteiger partial charge in [-0.3, -0.25) is 4.90 Å². The molecule has 2 aromatic heterocycles. The summed E-state index contributed by atoms with van der Waals surface area (Å²) in [5, 5.41) is 3.22. The van der Waals surface area contributed by atoms with E-state index >= 15 is 0 Å². The summed E-state index contributed by atoms with van der Waals surface area (Å²) in [6.07, 6.45) is 2.49. The molecule has 5 nitrogen and oxygen atoms in total. The minimum atomic E-state index is -0.417. The van der Waals surface area contributed by atoms with E-state index in [1.807, 2.05) is 6.92 Å². The first-order chi connectivity index (χ1) is 11.6. The van der Waals surface area contributed by atoms with E-state index in [1.165, 1.54) is 6.07 Å². The molecule has 0 aromatic carbocycles. The Kier molecular flexibility index (Phi) is 4.24. The van der Waals surface area contributed by atoms with Crippen molar-refractivity contribution in [2.24, 2.45) is 5.92 Å². The Morgan fingerprint density at radius 1 is 1.50 bits per heavy atom. The molecule has 128 valence electrons. The molecule has 0 amide bonds. The van der Waals surface area contributed by atoms with Gasteiger partial charge in [0.15, 0.2) is 5.82 Å². The van der Waals surface area contributed by atoms with Crippen molar-refractivity contribution >= 4 is 11.3 Å². The van der Waals surface area contributed by atoms with Crippen LogP contribution in [0.15, 0.2) is 23.7 Å². The van der Waals surface area contributed by atoms with Crippen molar-refractivity contribution in [3.05, 3.63) is 40.2 Å². The van der Waals surface area contributed by atoms with Gasteiger partial charge in [0, 0.05) is 42.9 Å². The zero-order chi connectivity index (χ0) is 16.6. The summed E-state index contributed by atoms with van der Waals surface area (Å²) in [6, 6.07) is 2.93. The molecule has 1 spiro atoms. The van der Waals surface area contributed by atoms with Crippen LogP contribution in [0.25, 0.3) is 0 Å². The van der Waals surface area contributed by atoms with Crippen molar-refractivity contribution in [1.82, 2.24) is 14.9 Å². The SMILES string of the molecule is Cc1csc(CN2CC3(C2)OCCC3COc2ncccc2F)n1. The summed E-state index contributed by atoms with van der Waals surface area (Å²) in [5.74, 6) is -0.0676. The summed E-state index contributed by atoms with van der Waals surface area (Å²) in [4.78, 5) is 10.8. The molecular weight excluding hydrogens is 329 g/mol. The molecular formula is C17H20FN3O2S. The highest BCUT2D eigenvalue weighted by atomic mass is 32.1. The smallest absolute Gasteiger partial charge is 0.250 e. The van der Waals surface area contributed by atoms with Gasteiger partial charge < -0.3 is 9.47 Å². The first-order valence-corrected chi connectivity index (χ1v) is 9.03. The lowest BCUT2D eigenvalue weighted by atomic mass is 9.81. The van der Waals surface area contributed by atoms with Gasteiger partial charge >= 0.3 is 0 Å². The van der Waals surface area contributed by atoms with Crippen LogP contribution >= 0.6 is 11.3 Å². The summed E-state index contributed by atoms with van der Waals surface area (Å²) in [7, 11) is 0. The molecule has 0 saturated carbocycles. The van der Waals surface area contributed by atoms with E-state index in [1.54, 1.807) is 23.6 Å². The molecule has 2 aromatic rings. The molecule has 2 aliphatic rings. The molecule has 0 radical (unpaired) electrons. The van der Waals surface area contributed by atoms with Gasteiger partial charge in [-0.2, -0.15) is 0 Å². The molecule has 1 atom stereocenters. The van der Waals surface area contributed by atoms with Crippen LogP contribution in [0.1, 0.15) is 17.1 Å². The van der Waals surface area contributed by atoms with Crippen LogP contribution in [0.5, 0.6) is 5.88 Å². The lowest BCUT2D eigenvalue weighted by Crippen LogP contribution is -2.64. The van der Waals surface area contributed by atoms with Gasteiger partial charge in [0.25, 0.3) is 0 Å². The molecule has 0 aliphatic carbocycles. The second-order valence-corrected chi connectivity index (χ2v) is 7.47. The molecule has 2 fully saturated rings. The number of hydrogen-bond acceptors (Lipinski definition) is 6. The number of ether oxygens (including phenoxy) is 2. The van der Waals surface area contributed by atoms with Crippen LogP contribution in [0, 0.1) is 18.7 Å². The van der Waals surface area contributed by atoms with Gasteiger partial charge in [0.1, 0.15) is 5.01 Å². The highest BCUT2D eigenvalue weighted by Crippen LogP contribution is 2.40. The van der Waals surface area contributed by atoms with Crippen LogP contribution in [0.2, 0.25) is 0 Å². The number of aromatic nitrogens is 2.